The normalized spacial score (nSPS) is 12.8. The number of hydrogen-bond donors (Lipinski definition) is 1. The number of nitrogens with zero attached hydrogens (tertiary/aromatic N) is 2. The molecule has 0 aliphatic rings. The molecule has 0 radical (unpaired) electrons. The van der Waals surface area contributed by atoms with Crippen molar-refractivity contribution in [1.29, 1.82) is 0 Å². The SMILES string of the molecule is CCN(CC)C(CNC(=O)CN(C)C(=O)OC(C)(C)C)c1ccco1. The molecule has 0 fully saturated rings. The molecule has 0 saturated heterocycles. The van der Waals surface area contributed by atoms with Gasteiger partial charge >= 0.3 is 6.09 Å². The third-order valence-electron chi connectivity index (χ3n) is 3.70. The fourth-order valence-corrected chi connectivity index (χ4v) is 2.44. The zero-order valence-electron chi connectivity index (χ0n) is 16.2. The van der Waals surface area contributed by atoms with E-state index in [1.54, 1.807) is 34.1 Å². The van der Waals surface area contributed by atoms with Gasteiger partial charge in [0.25, 0.3) is 0 Å². The molecular formula is C18H31N3O4. The van der Waals surface area contributed by atoms with Crippen molar-refractivity contribution in [2.24, 2.45) is 0 Å². The molecule has 1 unspecified atom stereocenters. The van der Waals surface area contributed by atoms with Crippen LogP contribution in [-0.2, 0) is 9.53 Å². The molecule has 142 valence electrons. The van der Waals surface area contributed by atoms with Crippen molar-refractivity contribution < 1.29 is 18.7 Å². The lowest BCUT2D eigenvalue weighted by molar-refractivity contribution is -0.122. The Kier molecular flexibility index (Phi) is 7.96. The second-order valence-electron chi connectivity index (χ2n) is 6.89. The van der Waals surface area contributed by atoms with Gasteiger partial charge in [0, 0.05) is 13.6 Å². The summed E-state index contributed by atoms with van der Waals surface area (Å²) in [4.78, 5) is 27.6. The highest BCUT2D eigenvalue weighted by atomic mass is 16.6. The van der Waals surface area contributed by atoms with E-state index in [0.717, 1.165) is 18.8 Å². The number of ether oxygens (including phenoxy) is 1. The number of rotatable bonds is 8. The van der Waals surface area contributed by atoms with Crippen LogP contribution in [0.4, 0.5) is 4.79 Å². The molecule has 0 saturated carbocycles. The van der Waals surface area contributed by atoms with Crippen LogP contribution in [0.2, 0.25) is 0 Å². The lowest BCUT2D eigenvalue weighted by Gasteiger charge is -2.28. The number of amides is 2. The van der Waals surface area contributed by atoms with Gasteiger partial charge in [-0.1, -0.05) is 13.8 Å². The molecule has 0 aliphatic heterocycles. The van der Waals surface area contributed by atoms with Crippen LogP contribution in [-0.4, -0.2) is 60.6 Å². The Labute approximate surface area is 150 Å². The third kappa shape index (κ3) is 7.17. The predicted molar refractivity (Wildman–Crippen MR) is 96.2 cm³/mol. The second-order valence-corrected chi connectivity index (χ2v) is 6.89. The van der Waals surface area contributed by atoms with Crippen molar-refractivity contribution in [2.45, 2.75) is 46.3 Å². The van der Waals surface area contributed by atoms with Crippen molar-refractivity contribution in [3.05, 3.63) is 24.2 Å². The van der Waals surface area contributed by atoms with E-state index in [2.05, 4.69) is 24.1 Å². The average Bonchev–Trinajstić information content (AvgIpc) is 3.03. The van der Waals surface area contributed by atoms with Crippen LogP contribution in [0.15, 0.2) is 22.8 Å². The van der Waals surface area contributed by atoms with E-state index < -0.39 is 11.7 Å². The summed E-state index contributed by atoms with van der Waals surface area (Å²) in [5, 5.41) is 2.88. The smallest absolute Gasteiger partial charge is 0.410 e. The van der Waals surface area contributed by atoms with E-state index in [1.807, 2.05) is 12.1 Å². The van der Waals surface area contributed by atoms with Gasteiger partial charge in [-0.15, -0.1) is 0 Å². The summed E-state index contributed by atoms with van der Waals surface area (Å²) in [5.41, 5.74) is -0.588. The van der Waals surface area contributed by atoms with Gasteiger partial charge < -0.3 is 19.4 Å². The Morgan fingerprint density at radius 3 is 2.40 bits per heavy atom. The Morgan fingerprint density at radius 1 is 1.28 bits per heavy atom. The van der Waals surface area contributed by atoms with Crippen LogP contribution < -0.4 is 5.32 Å². The Balaban J connectivity index is 2.58. The van der Waals surface area contributed by atoms with E-state index in [0.29, 0.717) is 6.54 Å². The largest absolute Gasteiger partial charge is 0.468 e. The highest BCUT2D eigenvalue weighted by molar-refractivity contribution is 5.82. The van der Waals surface area contributed by atoms with E-state index in [1.165, 1.54) is 4.90 Å². The summed E-state index contributed by atoms with van der Waals surface area (Å²) in [5.74, 6) is 0.571. The van der Waals surface area contributed by atoms with Crippen LogP contribution in [0.5, 0.6) is 0 Å². The van der Waals surface area contributed by atoms with E-state index in [9.17, 15) is 9.59 Å². The van der Waals surface area contributed by atoms with Gasteiger partial charge in [-0.3, -0.25) is 9.69 Å². The van der Waals surface area contributed by atoms with Crippen molar-refractivity contribution >= 4 is 12.0 Å². The van der Waals surface area contributed by atoms with Crippen LogP contribution in [0.3, 0.4) is 0 Å². The summed E-state index contributed by atoms with van der Waals surface area (Å²) in [6.07, 6.45) is 1.11. The molecule has 1 heterocycles. The summed E-state index contributed by atoms with van der Waals surface area (Å²) in [6.45, 7) is 11.5. The fourth-order valence-electron chi connectivity index (χ4n) is 2.44. The minimum absolute atomic E-state index is 0.0409. The van der Waals surface area contributed by atoms with Crippen LogP contribution in [0, 0.1) is 0 Å². The molecular weight excluding hydrogens is 322 g/mol. The summed E-state index contributed by atoms with van der Waals surface area (Å²) in [6, 6.07) is 3.70. The van der Waals surface area contributed by atoms with E-state index >= 15 is 0 Å². The first-order valence-corrected chi connectivity index (χ1v) is 8.66. The fraction of sp³-hybridized carbons (Fsp3) is 0.667. The molecule has 0 aromatic carbocycles. The van der Waals surface area contributed by atoms with Gasteiger partial charge in [-0.25, -0.2) is 4.79 Å². The van der Waals surface area contributed by atoms with Crippen molar-refractivity contribution in [3.63, 3.8) is 0 Å². The first-order chi connectivity index (χ1) is 11.7. The van der Waals surface area contributed by atoms with Gasteiger partial charge in [0.2, 0.25) is 5.91 Å². The quantitative estimate of drug-likeness (QED) is 0.778. The van der Waals surface area contributed by atoms with Gasteiger partial charge in [0.1, 0.15) is 17.9 Å². The molecule has 0 spiro atoms. The third-order valence-corrected chi connectivity index (χ3v) is 3.70. The first-order valence-electron chi connectivity index (χ1n) is 8.66. The summed E-state index contributed by atoms with van der Waals surface area (Å²) in [7, 11) is 1.54. The molecule has 0 aliphatic carbocycles. The van der Waals surface area contributed by atoms with Crippen LogP contribution >= 0.6 is 0 Å². The molecule has 0 bridgehead atoms. The molecule has 7 nitrogen and oxygen atoms in total. The number of likely N-dealkylation sites (N-methyl/N-ethyl adjacent to an activating group) is 2. The average molecular weight is 353 g/mol. The minimum atomic E-state index is -0.588. The second kappa shape index (κ2) is 9.46. The summed E-state index contributed by atoms with van der Waals surface area (Å²) >= 11 is 0. The van der Waals surface area contributed by atoms with Crippen LogP contribution in [0.1, 0.15) is 46.4 Å². The number of furan rings is 1. The number of carbonyl (C=O) groups excluding carboxylic acids is 2. The maximum Gasteiger partial charge on any atom is 0.410 e. The standard InChI is InChI=1S/C18H31N3O4/c1-7-21(8-2)14(15-10-9-11-24-15)12-19-16(22)13-20(6)17(23)25-18(3,4)5/h9-11,14H,7-8,12-13H2,1-6H3,(H,19,22). The minimum Gasteiger partial charge on any atom is -0.468 e. The number of carbonyl (C=O) groups is 2. The highest BCUT2D eigenvalue weighted by Crippen LogP contribution is 2.20. The lowest BCUT2D eigenvalue weighted by atomic mass is 10.2. The van der Waals surface area contributed by atoms with E-state index in [4.69, 9.17) is 9.15 Å². The molecule has 1 N–H and O–H groups in total. The monoisotopic (exact) mass is 353 g/mol. The zero-order valence-corrected chi connectivity index (χ0v) is 16.2. The van der Waals surface area contributed by atoms with Crippen molar-refractivity contribution in [2.75, 3.05) is 33.2 Å². The molecule has 1 rings (SSSR count). The summed E-state index contributed by atoms with van der Waals surface area (Å²) < 4.78 is 10.8. The van der Waals surface area contributed by atoms with Gasteiger partial charge in [0.05, 0.1) is 12.3 Å². The van der Waals surface area contributed by atoms with E-state index in [-0.39, 0.29) is 18.5 Å². The Bertz CT molecular complexity index is 533. The predicted octanol–water partition coefficient (Wildman–Crippen LogP) is 2.65. The first kappa shape index (κ1) is 21.0. The molecule has 1 atom stereocenters. The Morgan fingerprint density at radius 2 is 1.92 bits per heavy atom. The topological polar surface area (TPSA) is 75.0 Å². The highest BCUT2D eigenvalue weighted by Gasteiger charge is 2.23. The van der Waals surface area contributed by atoms with Gasteiger partial charge in [0.15, 0.2) is 0 Å². The lowest BCUT2D eigenvalue weighted by Crippen LogP contribution is -2.43. The molecule has 1 aromatic heterocycles. The molecule has 7 heteroatoms. The maximum absolute atomic E-state index is 12.2. The van der Waals surface area contributed by atoms with Gasteiger partial charge in [-0.05, 0) is 46.0 Å². The van der Waals surface area contributed by atoms with Crippen molar-refractivity contribution in [3.8, 4) is 0 Å². The van der Waals surface area contributed by atoms with Gasteiger partial charge in [-0.2, -0.15) is 0 Å². The number of hydrogen-bond acceptors (Lipinski definition) is 5. The molecule has 1 aromatic rings. The molecule has 2 amide bonds. The molecule has 25 heavy (non-hydrogen) atoms. The maximum atomic E-state index is 12.2. The van der Waals surface area contributed by atoms with Crippen LogP contribution in [0.25, 0.3) is 0 Å². The Hall–Kier alpha value is -2.02. The van der Waals surface area contributed by atoms with Crippen molar-refractivity contribution in [1.82, 2.24) is 15.1 Å². The number of nitrogens with one attached hydrogen (secondary N) is 1. The zero-order chi connectivity index (χ0) is 19.0.